The van der Waals surface area contributed by atoms with Gasteiger partial charge in [-0.3, -0.25) is 9.63 Å². The van der Waals surface area contributed by atoms with Gasteiger partial charge in [-0.25, -0.2) is 13.6 Å². The van der Waals surface area contributed by atoms with Gasteiger partial charge in [-0.05, 0) is 37.3 Å². The van der Waals surface area contributed by atoms with Crippen molar-refractivity contribution in [2.75, 3.05) is 32.7 Å². The molecule has 2 aliphatic heterocycles. The van der Waals surface area contributed by atoms with E-state index in [9.17, 15) is 18.4 Å². The number of hydroxylamine groups is 2. The molecule has 3 amide bonds. The van der Waals surface area contributed by atoms with Crippen LogP contribution in [0.25, 0.3) is 0 Å². The number of amides is 3. The number of benzene rings is 2. The Morgan fingerprint density at radius 1 is 1.10 bits per heavy atom. The summed E-state index contributed by atoms with van der Waals surface area (Å²) in [5.74, 6) is -0.850. The van der Waals surface area contributed by atoms with Crippen molar-refractivity contribution in [2.24, 2.45) is 11.8 Å². The van der Waals surface area contributed by atoms with Gasteiger partial charge < -0.3 is 15.1 Å². The van der Waals surface area contributed by atoms with Gasteiger partial charge in [0.15, 0.2) is 0 Å². The van der Waals surface area contributed by atoms with E-state index in [4.69, 9.17) is 4.84 Å². The van der Waals surface area contributed by atoms with E-state index in [0.717, 1.165) is 37.3 Å². The maximum Gasteiger partial charge on any atom is 0.318 e. The third-order valence-corrected chi connectivity index (χ3v) is 9.18. The molecular weight excluding hydrogens is 538 g/mol. The summed E-state index contributed by atoms with van der Waals surface area (Å²) in [6.45, 7) is 8.74. The fourth-order valence-electron chi connectivity index (χ4n) is 6.80. The van der Waals surface area contributed by atoms with Crippen molar-refractivity contribution in [3.63, 3.8) is 0 Å². The first-order chi connectivity index (χ1) is 20.3. The molecule has 0 spiro atoms. The van der Waals surface area contributed by atoms with Crippen LogP contribution in [0.15, 0.2) is 61.2 Å². The third-order valence-electron chi connectivity index (χ3n) is 9.18. The molecule has 5 rings (SSSR count). The zero-order valence-electron chi connectivity index (χ0n) is 24.4. The molecule has 3 fully saturated rings. The number of likely N-dealkylation sites (tertiary alicyclic amines) is 1. The molecule has 1 N–H and O–H groups in total. The van der Waals surface area contributed by atoms with E-state index < -0.39 is 17.2 Å². The number of nitrogens with one attached hydrogen (secondary N) is 1. The largest absolute Gasteiger partial charge is 0.339 e. The second kappa shape index (κ2) is 13.3. The lowest BCUT2D eigenvalue weighted by Gasteiger charge is -2.42. The van der Waals surface area contributed by atoms with Crippen molar-refractivity contribution in [1.29, 1.82) is 0 Å². The normalized spacial score (nSPS) is 23.7. The summed E-state index contributed by atoms with van der Waals surface area (Å²) in [7, 11) is 0. The second-order valence-corrected chi connectivity index (χ2v) is 11.9. The Morgan fingerprint density at radius 2 is 1.81 bits per heavy atom. The van der Waals surface area contributed by atoms with E-state index in [1.54, 1.807) is 11.0 Å². The molecule has 7 nitrogen and oxygen atoms in total. The molecule has 2 aromatic carbocycles. The van der Waals surface area contributed by atoms with E-state index in [-0.39, 0.29) is 41.9 Å². The van der Waals surface area contributed by atoms with Crippen molar-refractivity contribution in [1.82, 2.24) is 20.2 Å². The molecule has 1 aliphatic carbocycles. The number of urea groups is 1. The van der Waals surface area contributed by atoms with E-state index in [1.807, 2.05) is 28.2 Å². The minimum absolute atomic E-state index is 0.0336. The van der Waals surface area contributed by atoms with Gasteiger partial charge in [0.1, 0.15) is 17.2 Å². The van der Waals surface area contributed by atoms with Crippen molar-refractivity contribution < 1.29 is 23.2 Å². The fourth-order valence-corrected chi connectivity index (χ4v) is 6.80. The summed E-state index contributed by atoms with van der Waals surface area (Å²) in [6, 6.07) is 13.2. The molecule has 2 aromatic rings. The third kappa shape index (κ3) is 6.52. The molecule has 9 heteroatoms. The maximum atomic E-state index is 14.1. The topological polar surface area (TPSA) is 65.1 Å². The maximum absolute atomic E-state index is 14.1. The first-order valence-electron chi connectivity index (χ1n) is 15.2. The van der Waals surface area contributed by atoms with Gasteiger partial charge in [0.25, 0.3) is 0 Å². The lowest BCUT2D eigenvalue weighted by Crippen LogP contribution is -2.52. The smallest absolute Gasteiger partial charge is 0.318 e. The van der Waals surface area contributed by atoms with Crippen LogP contribution in [0.2, 0.25) is 0 Å². The number of piperidine rings is 1. The monoisotopic (exact) mass is 580 g/mol. The number of hydrogen-bond donors (Lipinski definition) is 1. The molecule has 42 heavy (non-hydrogen) atoms. The van der Waals surface area contributed by atoms with E-state index in [2.05, 4.69) is 31.0 Å². The quantitative estimate of drug-likeness (QED) is 0.391. The van der Waals surface area contributed by atoms with Gasteiger partial charge in [-0.2, -0.15) is 5.06 Å². The molecule has 3 aliphatic rings. The fraction of sp³-hybridized carbons (Fsp3) is 0.515. The van der Waals surface area contributed by atoms with Gasteiger partial charge in [0.2, 0.25) is 5.91 Å². The zero-order valence-corrected chi connectivity index (χ0v) is 24.4. The second-order valence-electron chi connectivity index (χ2n) is 11.9. The van der Waals surface area contributed by atoms with Crippen molar-refractivity contribution >= 4 is 11.9 Å². The number of hydrogen-bond acceptors (Lipinski definition) is 4. The summed E-state index contributed by atoms with van der Waals surface area (Å²) in [6.07, 6.45) is 7.26. The number of nitrogens with zero attached hydrogens (tertiary/aromatic N) is 3. The molecule has 2 saturated heterocycles. The van der Waals surface area contributed by atoms with Gasteiger partial charge in [-0.15, -0.1) is 6.58 Å². The van der Waals surface area contributed by atoms with Crippen LogP contribution in [-0.2, 0) is 21.8 Å². The lowest BCUT2D eigenvalue weighted by atomic mass is 9.85. The predicted molar refractivity (Wildman–Crippen MR) is 157 cm³/mol. The molecule has 0 radical (unpaired) electrons. The molecule has 0 aromatic heterocycles. The van der Waals surface area contributed by atoms with Crippen LogP contribution in [0.3, 0.4) is 0 Å². The molecule has 1 saturated carbocycles. The summed E-state index contributed by atoms with van der Waals surface area (Å²) >= 11 is 0. The van der Waals surface area contributed by atoms with Gasteiger partial charge in [0, 0.05) is 62.2 Å². The van der Waals surface area contributed by atoms with Crippen LogP contribution in [0.1, 0.15) is 56.6 Å². The zero-order chi connectivity index (χ0) is 29.7. The predicted octanol–water partition coefficient (Wildman–Crippen LogP) is 5.62. The van der Waals surface area contributed by atoms with Crippen LogP contribution in [-0.4, -0.2) is 65.6 Å². The van der Waals surface area contributed by atoms with Crippen molar-refractivity contribution in [2.45, 2.75) is 63.6 Å². The number of carbonyl (C=O) groups is 2. The van der Waals surface area contributed by atoms with Gasteiger partial charge >= 0.3 is 6.03 Å². The summed E-state index contributed by atoms with van der Waals surface area (Å²) in [5.41, 5.74) is 0.658. The number of halogens is 2. The van der Waals surface area contributed by atoms with E-state index in [0.29, 0.717) is 45.6 Å². The van der Waals surface area contributed by atoms with Crippen LogP contribution >= 0.6 is 0 Å². The molecule has 2 heterocycles. The van der Waals surface area contributed by atoms with Crippen LogP contribution in [0.5, 0.6) is 0 Å². The first-order valence-corrected chi connectivity index (χ1v) is 15.2. The molecule has 226 valence electrons. The van der Waals surface area contributed by atoms with Crippen LogP contribution < -0.4 is 5.32 Å². The minimum atomic E-state index is -0.687. The Labute approximate surface area is 247 Å². The Bertz CT molecular complexity index is 1250. The van der Waals surface area contributed by atoms with Gasteiger partial charge in [-0.1, -0.05) is 62.2 Å². The minimum Gasteiger partial charge on any atom is -0.339 e. The average molecular weight is 581 g/mol. The summed E-state index contributed by atoms with van der Waals surface area (Å²) < 4.78 is 27.3. The highest BCUT2D eigenvalue weighted by Gasteiger charge is 2.51. The van der Waals surface area contributed by atoms with Crippen molar-refractivity contribution in [3.8, 4) is 0 Å². The number of rotatable bonds is 9. The van der Waals surface area contributed by atoms with Crippen molar-refractivity contribution in [3.05, 3.63) is 83.9 Å². The molecule has 0 unspecified atom stereocenters. The van der Waals surface area contributed by atoms with E-state index >= 15 is 0 Å². The standard InChI is InChI=1S/C33H42F2N4O3/c1-3-17-39(32(41)36-21-26-13-14-28(34)20-30(26)35)29-15-18-38(19-16-29)42-33(27-11-5-4-6-12-27)23-37(22-24(33)2)31(40)25-9-7-8-10-25/h3-6,11-14,20,24-25,29H,1,7-10,15-19,21-23H2,2H3,(H,36,41)/t24-,33+/m0/s1. The molecule has 0 bridgehead atoms. The average Bonchev–Trinajstić information content (AvgIpc) is 3.65. The first kappa shape index (κ1) is 30.2. The van der Waals surface area contributed by atoms with Crippen LogP contribution in [0, 0.1) is 23.5 Å². The van der Waals surface area contributed by atoms with Gasteiger partial charge in [0.05, 0.1) is 6.54 Å². The Kier molecular flexibility index (Phi) is 9.58. The number of carbonyl (C=O) groups excluding carboxylic acids is 2. The highest BCUT2D eigenvalue weighted by molar-refractivity contribution is 5.79. The lowest BCUT2D eigenvalue weighted by molar-refractivity contribution is -0.268. The Hall–Kier alpha value is -3.30. The van der Waals surface area contributed by atoms with Crippen LogP contribution in [0.4, 0.5) is 13.6 Å². The van der Waals surface area contributed by atoms with E-state index in [1.165, 1.54) is 12.1 Å². The highest BCUT2D eigenvalue weighted by Crippen LogP contribution is 2.43. The molecular formula is C33H42F2N4O3. The Balaban J connectivity index is 1.23. The summed E-state index contributed by atoms with van der Waals surface area (Å²) in [5, 5.41) is 4.78. The Morgan fingerprint density at radius 3 is 2.48 bits per heavy atom. The molecule has 2 atom stereocenters. The SMILES string of the molecule is C=CCN(C(=O)NCc1ccc(F)cc1F)C1CCN(O[C@]2(c3ccccc3)CN(C(=O)C3CCCC3)C[C@@H]2C)CC1. The summed E-state index contributed by atoms with van der Waals surface area (Å²) in [4.78, 5) is 37.1. The highest BCUT2D eigenvalue weighted by atomic mass is 19.1.